The summed E-state index contributed by atoms with van der Waals surface area (Å²) in [6, 6.07) is 7.92. The van der Waals surface area contributed by atoms with Crippen LogP contribution in [0.1, 0.15) is 24.8 Å². The van der Waals surface area contributed by atoms with Gasteiger partial charge in [0.25, 0.3) is 0 Å². The second-order valence-corrected chi connectivity index (χ2v) is 10.2. The summed E-state index contributed by atoms with van der Waals surface area (Å²) in [7, 11) is -2.43. The zero-order valence-corrected chi connectivity index (χ0v) is 18.2. The van der Waals surface area contributed by atoms with Gasteiger partial charge in [0.1, 0.15) is 29.8 Å². The van der Waals surface area contributed by atoms with E-state index < -0.39 is 15.5 Å². The number of anilines is 3. The maximum absolute atomic E-state index is 13.9. The highest BCUT2D eigenvalue weighted by molar-refractivity contribution is 8.00. The lowest BCUT2D eigenvalue weighted by molar-refractivity contribution is 0.150. The molecule has 1 aromatic heterocycles. The highest BCUT2D eigenvalue weighted by atomic mass is 32.2. The first-order valence-electron chi connectivity index (χ1n) is 9.94. The number of halogens is 1. The van der Waals surface area contributed by atoms with Gasteiger partial charge < -0.3 is 19.9 Å². The third-order valence-corrected chi connectivity index (χ3v) is 5.78. The summed E-state index contributed by atoms with van der Waals surface area (Å²) in [6.07, 6.45) is 4.32. The molecule has 3 unspecified atom stereocenters. The lowest BCUT2D eigenvalue weighted by Crippen LogP contribution is -2.14. The van der Waals surface area contributed by atoms with Crippen molar-refractivity contribution < 1.29 is 18.4 Å². The van der Waals surface area contributed by atoms with E-state index in [1.165, 1.54) is 24.7 Å². The number of nitrogens with one attached hydrogen (secondary N) is 2. The number of rotatable bonds is 6. The van der Waals surface area contributed by atoms with Crippen LogP contribution in [0.2, 0.25) is 0 Å². The molecular weight excluding hydrogens is 419 g/mol. The Bertz CT molecular complexity index is 1230. The summed E-state index contributed by atoms with van der Waals surface area (Å²) < 4.78 is 34.8. The standard InChI is InChI=1S/C22H25FN4O3S/c1-13-8-15(27-31(2,3)29)10-19-21(13)22(25-12-24-19)26-18-7-4-14(23)9-20(18)30-17-6-5-16(28)11-17/h4,7-10,12,16-17,28H,2,5-6,11H2,1,3H3,(H,27,29)(H,24,25,26). The van der Waals surface area contributed by atoms with Crippen LogP contribution in [0, 0.1) is 12.7 Å². The third-order valence-electron chi connectivity index (χ3n) is 5.12. The minimum absolute atomic E-state index is 0.165. The molecule has 3 N–H and O–H groups in total. The largest absolute Gasteiger partial charge is 0.488 e. The average molecular weight is 445 g/mol. The summed E-state index contributed by atoms with van der Waals surface area (Å²) in [4.78, 5) is 8.71. The van der Waals surface area contributed by atoms with Crippen LogP contribution in [0.4, 0.5) is 21.6 Å². The Hall–Kier alpha value is -2.91. The van der Waals surface area contributed by atoms with Gasteiger partial charge in [-0.2, -0.15) is 0 Å². The topological polar surface area (TPSA) is 96.4 Å². The molecular formula is C22H25FN4O3S. The van der Waals surface area contributed by atoms with E-state index >= 15 is 0 Å². The van der Waals surface area contributed by atoms with Crippen LogP contribution >= 0.6 is 0 Å². The molecule has 0 aliphatic heterocycles. The molecule has 1 heterocycles. The summed E-state index contributed by atoms with van der Waals surface area (Å²) in [5.41, 5.74) is 2.75. The molecule has 2 aromatic carbocycles. The molecule has 3 atom stereocenters. The molecule has 1 fully saturated rings. The van der Waals surface area contributed by atoms with Crippen LogP contribution in [0.25, 0.3) is 10.9 Å². The highest BCUT2D eigenvalue weighted by Gasteiger charge is 2.25. The Morgan fingerprint density at radius 2 is 2.06 bits per heavy atom. The van der Waals surface area contributed by atoms with Crippen LogP contribution in [0.15, 0.2) is 36.7 Å². The number of hydrogen-bond acceptors (Lipinski definition) is 6. The van der Waals surface area contributed by atoms with Crippen molar-refractivity contribution in [1.82, 2.24) is 9.97 Å². The van der Waals surface area contributed by atoms with E-state index in [-0.39, 0.29) is 12.2 Å². The molecule has 7 nitrogen and oxygen atoms in total. The van der Waals surface area contributed by atoms with Crippen LogP contribution in [0.3, 0.4) is 0 Å². The smallest absolute Gasteiger partial charge is 0.146 e. The molecule has 0 spiro atoms. The minimum Gasteiger partial charge on any atom is -0.488 e. The predicted octanol–water partition coefficient (Wildman–Crippen LogP) is 3.79. The Morgan fingerprint density at radius 3 is 2.77 bits per heavy atom. The van der Waals surface area contributed by atoms with Crippen molar-refractivity contribution >= 4 is 43.7 Å². The molecule has 3 aromatic rings. The number of aliphatic hydroxyl groups excluding tert-OH is 1. The number of nitrogens with zero attached hydrogens (tertiary/aromatic N) is 2. The van der Waals surface area contributed by atoms with Gasteiger partial charge in [-0.25, -0.2) is 18.6 Å². The van der Waals surface area contributed by atoms with Crippen molar-refractivity contribution in [2.24, 2.45) is 0 Å². The van der Waals surface area contributed by atoms with Crippen molar-refractivity contribution in [3.8, 4) is 5.75 Å². The second kappa shape index (κ2) is 8.32. The highest BCUT2D eigenvalue weighted by Crippen LogP contribution is 2.35. The van der Waals surface area contributed by atoms with Crippen LogP contribution in [0.5, 0.6) is 5.75 Å². The monoisotopic (exact) mass is 444 g/mol. The van der Waals surface area contributed by atoms with E-state index in [1.54, 1.807) is 12.1 Å². The van der Waals surface area contributed by atoms with Crippen LogP contribution in [-0.2, 0) is 9.71 Å². The Balaban J connectivity index is 1.69. The number of hydrogen-bond donors (Lipinski definition) is 3. The molecule has 0 radical (unpaired) electrons. The van der Waals surface area contributed by atoms with E-state index in [4.69, 9.17) is 4.74 Å². The maximum Gasteiger partial charge on any atom is 0.146 e. The molecule has 0 saturated heterocycles. The van der Waals surface area contributed by atoms with E-state index in [9.17, 15) is 13.7 Å². The fraction of sp³-hybridized carbons (Fsp3) is 0.318. The van der Waals surface area contributed by atoms with Crippen molar-refractivity contribution in [3.63, 3.8) is 0 Å². The van der Waals surface area contributed by atoms with E-state index in [0.717, 1.165) is 17.4 Å². The van der Waals surface area contributed by atoms with Gasteiger partial charge in [0.2, 0.25) is 0 Å². The Kier molecular flexibility index (Phi) is 5.72. The van der Waals surface area contributed by atoms with Gasteiger partial charge in [-0.05, 0) is 55.5 Å². The van der Waals surface area contributed by atoms with E-state index in [2.05, 4.69) is 25.9 Å². The first-order chi connectivity index (χ1) is 14.7. The molecule has 31 heavy (non-hydrogen) atoms. The summed E-state index contributed by atoms with van der Waals surface area (Å²) in [6.45, 7) is 1.91. The first-order valence-corrected chi connectivity index (χ1v) is 12.1. The molecule has 1 aliphatic carbocycles. The number of ether oxygens (including phenoxy) is 1. The van der Waals surface area contributed by atoms with Crippen LogP contribution < -0.4 is 14.8 Å². The lowest BCUT2D eigenvalue weighted by Gasteiger charge is -2.18. The molecule has 0 bridgehead atoms. The van der Waals surface area contributed by atoms with Crippen molar-refractivity contribution in [2.45, 2.75) is 38.4 Å². The first kappa shape index (κ1) is 21.3. The van der Waals surface area contributed by atoms with E-state index in [1.807, 2.05) is 13.0 Å². The zero-order valence-electron chi connectivity index (χ0n) is 17.4. The molecule has 164 valence electrons. The zero-order chi connectivity index (χ0) is 22.2. The van der Waals surface area contributed by atoms with Gasteiger partial charge >= 0.3 is 0 Å². The van der Waals surface area contributed by atoms with Crippen molar-refractivity contribution in [1.29, 1.82) is 0 Å². The van der Waals surface area contributed by atoms with Gasteiger partial charge in [-0.1, -0.05) is 0 Å². The van der Waals surface area contributed by atoms with Crippen molar-refractivity contribution in [2.75, 3.05) is 16.3 Å². The number of benzene rings is 2. The number of aliphatic hydroxyl groups is 1. The van der Waals surface area contributed by atoms with Gasteiger partial charge in [-0.3, -0.25) is 0 Å². The number of aryl methyl sites for hydroxylation is 1. The Labute approximate surface area is 180 Å². The molecule has 4 rings (SSSR count). The molecule has 1 saturated carbocycles. The van der Waals surface area contributed by atoms with Gasteiger partial charge in [0, 0.05) is 39.5 Å². The maximum atomic E-state index is 13.9. The summed E-state index contributed by atoms with van der Waals surface area (Å²) in [5, 5.41) is 13.8. The summed E-state index contributed by atoms with van der Waals surface area (Å²) in [5.74, 6) is 4.13. The number of fused-ring (bicyclic) bond motifs is 1. The minimum atomic E-state index is -2.43. The van der Waals surface area contributed by atoms with Gasteiger partial charge in [0.05, 0.1) is 17.3 Å². The normalized spacial score (nSPS) is 20.4. The lowest BCUT2D eigenvalue weighted by atomic mass is 10.1. The quantitative estimate of drug-likeness (QED) is 0.501. The van der Waals surface area contributed by atoms with Crippen LogP contribution in [-0.4, -0.2) is 43.6 Å². The Morgan fingerprint density at radius 1 is 1.26 bits per heavy atom. The van der Waals surface area contributed by atoms with E-state index in [0.29, 0.717) is 41.3 Å². The van der Waals surface area contributed by atoms with Gasteiger partial charge in [0.15, 0.2) is 0 Å². The summed E-state index contributed by atoms with van der Waals surface area (Å²) >= 11 is 0. The average Bonchev–Trinajstić information content (AvgIpc) is 3.07. The third kappa shape index (κ3) is 5.05. The van der Waals surface area contributed by atoms with Crippen molar-refractivity contribution in [3.05, 3.63) is 48.0 Å². The second-order valence-electron chi connectivity index (χ2n) is 7.99. The molecule has 1 aliphatic rings. The number of aromatic nitrogens is 2. The fourth-order valence-electron chi connectivity index (χ4n) is 3.82. The molecule has 9 heteroatoms. The molecule has 0 amide bonds. The SMILES string of the molecule is C=S(C)(=O)Nc1cc(C)c2c(Nc3ccc(F)cc3OC3CCC(O)C3)ncnc2c1. The fourth-order valence-corrected chi connectivity index (χ4v) is 4.44. The van der Waals surface area contributed by atoms with Gasteiger partial charge in [-0.15, -0.1) is 0 Å². The predicted molar refractivity (Wildman–Crippen MR) is 123 cm³/mol.